The molecule has 0 aliphatic heterocycles. The van der Waals surface area contributed by atoms with Crippen LogP contribution in [0.2, 0.25) is 0 Å². The SMILES string of the molecule is COCc1cn(CC(O)(c2ccc3c(cnn3-c3ccc(F)cc3)c2)C(F)(F)F)c2ccccc12. The fourth-order valence-corrected chi connectivity index (χ4v) is 4.39. The Kier molecular flexibility index (Phi) is 5.61. The van der Waals surface area contributed by atoms with E-state index < -0.39 is 24.1 Å². The first-order valence-electron chi connectivity index (χ1n) is 10.8. The van der Waals surface area contributed by atoms with Crippen LogP contribution >= 0.6 is 0 Å². The Labute approximate surface area is 197 Å². The lowest BCUT2D eigenvalue weighted by Crippen LogP contribution is -2.45. The van der Waals surface area contributed by atoms with E-state index in [0.29, 0.717) is 22.1 Å². The second-order valence-corrected chi connectivity index (χ2v) is 8.40. The lowest BCUT2D eigenvalue weighted by Gasteiger charge is -2.32. The van der Waals surface area contributed by atoms with E-state index >= 15 is 0 Å². The number of alkyl halides is 3. The molecule has 0 fully saturated rings. The molecule has 0 amide bonds. The quantitative estimate of drug-likeness (QED) is 0.315. The maximum atomic E-state index is 14.4. The van der Waals surface area contributed by atoms with Crippen molar-refractivity contribution in [1.29, 1.82) is 0 Å². The van der Waals surface area contributed by atoms with Gasteiger partial charge in [-0.05, 0) is 48.0 Å². The molecule has 0 radical (unpaired) electrons. The Morgan fingerprint density at radius 1 is 0.971 bits per heavy atom. The summed E-state index contributed by atoms with van der Waals surface area (Å²) in [4.78, 5) is 0. The Hall–Kier alpha value is -3.69. The van der Waals surface area contributed by atoms with Crippen molar-refractivity contribution in [3.63, 3.8) is 0 Å². The predicted octanol–water partition coefficient (Wildman–Crippen LogP) is 5.72. The molecule has 9 heteroatoms. The summed E-state index contributed by atoms with van der Waals surface area (Å²) in [7, 11) is 1.51. The summed E-state index contributed by atoms with van der Waals surface area (Å²) in [6.07, 6.45) is -1.96. The Morgan fingerprint density at radius 2 is 1.71 bits per heavy atom. The average Bonchev–Trinajstić information content (AvgIpc) is 3.40. The summed E-state index contributed by atoms with van der Waals surface area (Å²) in [5.41, 5.74) is -1.09. The number of methoxy groups -OCH3 is 1. The summed E-state index contributed by atoms with van der Waals surface area (Å²) in [5.74, 6) is -0.408. The van der Waals surface area contributed by atoms with Gasteiger partial charge in [-0.2, -0.15) is 18.3 Å². The zero-order valence-corrected chi connectivity index (χ0v) is 18.6. The van der Waals surface area contributed by atoms with Crippen LogP contribution in [0.15, 0.2) is 79.1 Å². The number of hydrogen-bond donors (Lipinski definition) is 1. The van der Waals surface area contributed by atoms with Crippen LogP contribution in [0.25, 0.3) is 27.5 Å². The second kappa shape index (κ2) is 8.51. The molecule has 2 heterocycles. The van der Waals surface area contributed by atoms with E-state index in [1.807, 2.05) is 6.07 Å². The van der Waals surface area contributed by atoms with Gasteiger partial charge in [0.2, 0.25) is 5.60 Å². The van der Waals surface area contributed by atoms with Crippen molar-refractivity contribution in [2.24, 2.45) is 0 Å². The molecule has 2 aromatic heterocycles. The highest BCUT2D eigenvalue weighted by atomic mass is 19.4. The van der Waals surface area contributed by atoms with Gasteiger partial charge < -0.3 is 14.4 Å². The van der Waals surface area contributed by atoms with Crippen LogP contribution in [-0.2, 0) is 23.5 Å². The molecule has 1 N–H and O–H groups in total. The molecule has 35 heavy (non-hydrogen) atoms. The van der Waals surface area contributed by atoms with Crippen molar-refractivity contribution in [2.75, 3.05) is 7.11 Å². The molecule has 0 aliphatic carbocycles. The highest BCUT2D eigenvalue weighted by Gasteiger charge is 2.55. The van der Waals surface area contributed by atoms with Crippen LogP contribution in [-0.4, -0.2) is 32.7 Å². The third kappa shape index (κ3) is 3.96. The number of hydrogen-bond acceptors (Lipinski definition) is 3. The molecule has 5 rings (SSSR count). The Bertz CT molecular complexity index is 1510. The largest absolute Gasteiger partial charge is 0.423 e. The van der Waals surface area contributed by atoms with E-state index in [4.69, 9.17) is 4.74 Å². The molecule has 1 atom stereocenters. The maximum absolute atomic E-state index is 14.4. The minimum atomic E-state index is -4.96. The molecular formula is C26H21F4N3O2. The van der Waals surface area contributed by atoms with Crippen molar-refractivity contribution in [3.8, 4) is 5.69 Å². The van der Waals surface area contributed by atoms with Crippen LogP contribution in [0.1, 0.15) is 11.1 Å². The second-order valence-electron chi connectivity index (χ2n) is 8.40. The number of fused-ring (bicyclic) bond motifs is 2. The molecule has 0 spiro atoms. The highest BCUT2D eigenvalue weighted by molar-refractivity contribution is 5.84. The fraction of sp³-hybridized carbons (Fsp3) is 0.192. The molecule has 180 valence electrons. The summed E-state index contributed by atoms with van der Waals surface area (Å²) < 4.78 is 64.6. The fourth-order valence-electron chi connectivity index (χ4n) is 4.39. The van der Waals surface area contributed by atoms with E-state index in [1.54, 1.807) is 24.4 Å². The summed E-state index contributed by atoms with van der Waals surface area (Å²) in [6.45, 7) is -0.509. The Morgan fingerprint density at radius 3 is 2.43 bits per heavy atom. The van der Waals surface area contributed by atoms with Gasteiger partial charge in [0.25, 0.3) is 0 Å². The van der Waals surface area contributed by atoms with Crippen molar-refractivity contribution in [3.05, 3.63) is 96.1 Å². The first-order chi connectivity index (χ1) is 16.7. The number of aromatic nitrogens is 3. The average molecular weight is 483 g/mol. The number of benzene rings is 3. The molecule has 0 bridgehead atoms. The topological polar surface area (TPSA) is 52.2 Å². The molecule has 0 saturated heterocycles. The van der Waals surface area contributed by atoms with E-state index in [2.05, 4.69) is 5.10 Å². The van der Waals surface area contributed by atoms with Gasteiger partial charge in [-0.1, -0.05) is 24.3 Å². The van der Waals surface area contributed by atoms with E-state index in [-0.39, 0.29) is 12.2 Å². The van der Waals surface area contributed by atoms with E-state index in [9.17, 15) is 22.7 Å². The number of aliphatic hydroxyl groups is 1. The van der Waals surface area contributed by atoms with Crippen LogP contribution in [0, 0.1) is 5.82 Å². The van der Waals surface area contributed by atoms with Crippen molar-refractivity contribution in [1.82, 2.24) is 14.3 Å². The zero-order valence-electron chi connectivity index (χ0n) is 18.6. The number of ether oxygens (including phenoxy) is 1. The van der Waals surface area contributed by atoms with Gasteiger partial charge >= 0.3 is 6.18 Å². The standard InChI is InChI=1S/C26H21F4N3O2/c1-35-15-18-14-32(24-5-3-2-4-22(18)24)16-25(34,26(28,29)30)19-6-11-23-17(12-19)13-31-33(23)21-9-7-20(27)8-10-21/h2-14,34H,15-16H2,1H3. The first kappa shape index (κ1) is 23.1. The molecule has 0 aliphatic rings. The van der Waals surface area contributed by atoms with Gasteiger partial charge in [0, 0.05) is 35.2 Å². The van der Waals surface area contributed by atoms with Crippen LogP contribution in [0.4, 0.5) is 17.6 Å². The van der Waals surface area contributed by atoms with Gasteiger partial charge in [-0.25, -0.2) is 9.07 Å². The molecule has 3 aromatic carbocycles. The number of halogens is 4. The number of rotatable bonds is 6. The van der Waals surface area contributed by atoms with Gasteiger partial charge in [-0.15, -0.1) is 0 Å². The minimum absolute atomic E-state index is 0.229. The predicted molar refractivity (Wildman–Crippen MR) is 124 cm³/mol. The Balaban J connectivity index is 1.59. The normalized spacial score (nSPS) is 14.0. The lowest BCUT2D eigenvalue weighted by molar-refractivity contribution is -0.271. The molecule has 0 saturated carbocycles. The van der Waals surface area contributed by atoms with E-state index in [0.717, 1.165) is 10.9 Å². The van der Waals surface area contributed by atoms with Gasteiger partial charge in [0.15, 0.2) is 0 Å². The monoisotopic (exact) mass is 483 g/mol. The summed E-state index contributed by atoms with van der Waals surface area (Å²) in [6, 6.07) is 16.7. The van der Waals surface area contributed by atoms with Crippen molar-refractivity contribution >= 4 is 21.8 Å². The first-order valence-corrected chi connectivity index (χ1v) is 10.8. The van der Waals surface area contributed by atoms with Gasteiger partial charge in [0.05, 0.1) is 30.6 Å². The molecule has 1 unspecified atom stereocenters. The highest BCUT2D eigenvalue weighted by Crippen LogP contribution is 2.42. The maximum Gasteiger partial charge on any atom is 0.423 e. The molecular weight excluding hydrogens is 462 g/mol. The summed E-state index contributed by atoms with van der Waals surface area (Å²) in [5, 5.41) is 16.5. The number of para-hydroxylation sites is 1. The zero-order chi connectivity index (χ0) is 24.8. The summed E-state index contributed by atoms with van der Waals surface area (Å²) >= 11 is 0. The van der Waals surface area contributed by atoms with Gasteiger partial charge in [0.1, 0.15) is 5.82 Å². The third-order valence-electron chi connectivity index (χ3n) is 6.16. The third-order valence-corrected chi connectivity index (χ3v) is 6.16. The van der Waals surface area contributed by atoms with Crippen molar-refractivity contribution < 1.29 is 27.4 Å². The molecule has 5 nitrogen and oxygen atoms in total. The van der Waals surface area contributed by atoms with Crippen molar-refractivity contribution in [2.45, 2.75) is 24.9 Å². The van der Waals surface area contributed by atoms with Crippen LogP contribution < -0.4 is 0 Å². The molecule has 5 aromatic rings. The minimum Gasteiger partial charge on any atom is -0.380 e. The lowest BCUT2D eigenvalue weighted by atomic mass is 9.91. The van der Waals surface area contributed by atoms with Crippen LogP contribution in [0.3, 0.4) is 0 Å². The van der Waals surface area contributed by atoms with Crippen LogP contribution in [0.5, 0.6) is 0 Å². The van der Waals surface area contributed by atoms with Gasteiger partial charge in [-0.3, -0.25) is 0 Å². The smallest absolute Gasteiger partial charge is 0.380 e. The van der Waals surface area contributed by atoms with E-state index in [1.165, 1.54) is 65.0 Å². The number of nitrogens with zero attached hydrogens (tertiary/aromatic N) is 3.